The molecule has 0 radical (unpaired) electrons. The molecule has 1 N–H and O–H groups in total. The van der Waals surface area contributed by atoms with E-state index in [4.69, 9.17) is 12.2 Å². The zero-order chi connectivity index (χ0) is 13.6. The minimum absolute atomic E-state index is 0.0397. The highest BCUT2D eigenvalue weighted by molar-refractivity contribution is 7.71. The molecule has 0 saturated carbocycles. The summed E-state index contributed by atoms with van der Waals surface area (Å²) in [7, 11) is 1.69. The summed E-state index contributed by atoms with van der Waals surface area (Å²) >= 11 is 6.63. The lowest BCUT2D eigenvalue weighted by Crippen LogP contribution is -2.17. The molecule has 0 spiro atoms. The van der Waals surface area contributed by atoms with Crippen molar-refractivity contribution in [2.45, 2.75) is 6.92 Å². The van der Waals surface area contributed by atoms with Gasteiger partial charge in [0.1, 0.15) is 4.70 Å². The summed E-state index contributed by atoms with van der Waals surface area (Å²) in [5.41, 5.74) is 4.13. The van der Waals surface area contributed by atoms with Crippen LogP contribution in [-0.4, -0.2) is 9.55 Å². The van der Waals surface area contributed by atoms with E-state index < -0.39 is 0 Å². The van der Waals surface area contributed by atoms with Crippen LogP contribution in [0.1, 0.15) is 5.56 Å². The molecule has 0 aliphatic rings. The highest BCUT2D eigenvalue weighted by Gasteiger charge is 2.11. The van der Waals surface area contributed by atoms with Gasteiger partial charge in [-0.15, -0.1) is 11.3 Å². The molecule has 0 unspecified atom stereocenters. The molecule has 19 heavy (non-hydrogen) atoms. The molecular weight excluding hydrogens is 276 g/mol. The quantitative estimate of drug-likeness (QED) is 0.694. The average Bonchev–Trinajstić information content (AvgIpc) is 2.81. The Bertz CT molecular complexity index is 869. The normalized spacial score (nSPS) is 11.1. The molecule has 3 aromatic rings. The third kappa shape index (κ3) is 1.95. The maximum atomic E-state index is 12.1. The van der Waals surface area contributed by atoms with E-state index in [-0.39, 0.29) is 5.56 Å². The molecule has 2 heterocycles. The molecule has 0 atom stereocenters. The van der Waals surface area contributed by atoms with Crippen LogP contribution in [0.15, 0.2) is 34.4 Å². The Labute approximate surface area is 119 Å². The second-order valence-corrected chi connectivity index (χ2v) is 5.78. The maximum absolute atomic E-state index is 12.1. The highest BCUT2D eigenvalue weighted by Crippen LogP contribution is 2.30. The van der Waals surface area contributed by atoms with Crippen LogP contribution in [0.3, 0.4) is 0 Å². The maximum Gasteiger partial charge on any atom is 0.272 e. The average molecular weight is 288 g/mol. The van der Waals surface area contributed by atoms with E-state index in [1.54, 1.807) is 7.05 Å². The first kappa shape index (κ1) is 12.3. The Balaban J connectivity index is 2.35. The number of aromatic nitrogens is 2. The number of aryl methyl sites for hydroxylation is 1. The van der Waals surface area contributed by atoms with Crippen LogP contribution in [0.4, 0.5) is 0 Å². The van der Waals surface area contributed by atoms with Crippen LogP contribution in [0.5, 0.6) is 0 Å². The number of benzene rings is 1. The summed E-state index contributed by atoms with van der Waals surface area (Å²) in [5, 5.41) is 2.00. The van der Waals surface area contributed by atoms with Gasteiger partial charge in [0.15, 0.2) is 4.77 Å². The fourth-order valence-corrected chi connectivity index (χ4v) is 3.21. The van der Waals surface area contributed by atoms with Gasteiger partial charge < -0.3 is 4.98 Å². The minimum atomic E-state index is -0.0397. The molecule has 0 bridgehead atoms. The first-order valence-electron chi connectivity index (χ1n) is 5.85. The van der Waals surface area contributed by atoms with Crippen molar-refractivity contribution < 1.29 is 0 Å². The van der Waals surface area contributed by atoms with Crippen molar-refractivity contribution >= 4 is 33.8 Å². The number of fused-ring (bicyclic) bond motifs is 1. The van der Waals surface area contributed by atoms with Crippen LogP contribution in [-0.2, 0) is 7.05 Å². The molecule has 96 valence electrons. The van der Waals surface area contributed by atoms with E-state index in [0.717, 1.165) is 16.6 Å². The van der Waals surface area contributed by atoms with Crippen molar-refractivity contribution in [2.24, 2.45) is 7.05 Å². The molecule has 0 amide bonds. The number of thiophene rings is 1. The standard InChI is InChI=1S/C14H12N2OS2/c1-8-3-5-9(6-4-8)10-7-19-12-11(10)15-14(18)16(2)13(12)17/h3-7H,1-2H3,(H,15,18). The second-order valence-electron chi connectivity index (χ2n) is 4.51. The lowest BCUT2D eigenvalue weighted by molar-refractivity contribution is 0.826. The molecule has 2 aromatic heterocycles. The lowest BCUT2D eigenvalue weighted by atomic mass is 10.1. The van der Waals surface area contributed by atoms with Gasteiger partial charge in [0.25, 0.3) is 5.56 Å². The third-order valence-electron chi connectivity index (χ3n) is 3.19. The fraction of sp³-hybridized carbons (Fsp3) is 0.143. The summed E-state index contributed by atoms with van der Waals surface area (Å²) in [4.78, 5) is 15.3. The number of hydrogen-bond donors (Lipinski definition) is 1. The van der Waals surface area contributed by atoms with E-state index >= 15 is 0 Å². The van der Waals surface area contributed by atoms with E-state index in [1.165, 1.54) is 21.5 Å². The van der Waals surface area contributed by atoms with Crippen molar-refractivity contribution in [1.29, 1.82) is 0 Å². The number of H-pyrrole nitrogens is 1. The van der Waals surface area contributed by atoms with E-state index in [0.29, 0.717) is 9.47 Å². The van der Waals surface area contributed by atoms with Gasteiger partial charge in [0.2, 0.25) is 0 Å². The number of aromatic amines is 1. The van der Waals surface area contributed by atoms with E-state index in [9.17, 15) is 4.79 Å². The first-order valence-corrected chi connectivity index (χ1v) is 7.14. The molecule has 5 heteroatoms. The molecule has 1 aromatic carbocycles. The molecule has 3 nitrogen and oxygen atoms in total. The summed E-state index contributed by atoms with van der Waals surface area (Å²) in [5.74, 6) is 0. The van der Waals surface area contributed by atoms with Gasteiger partial charge in [0.05, 0.1) is 5.52 Å². The third-order valence-corrected chi connectivity index (χ3v) is 4.53. The zero-order valence-corrected chi connectivity index (χ0v) is 12.2. The number of hydrogen-bond acceptors (Lipinski definition) is 3. The van der Waals surface area contributed by atoms with Crippen molar-refractivity contribution in [3.05, 3.63) is 50.3 Å². The molecule has 0 fully saturated rings. The van der Waals surface area contributed by atoms with Gasteiger partial charge in [-0.05, 0) is 24.7 Å². The number of rotatable bonds is 1. The van der Waals surface area contributed by atoms with Crippen molar-refractivity contribution in [3.63, 3.8) is 0 Å². The summed E-state index contributed by atoms with van der Waals surface area (Å²) in [6.45, 7) is 2.05. The predicted molar refractivity (Wildman–Crippen MR) is 82.4 cm³/mol. The Morgan fingerprint density at radius 3 is 2.63 bits per heavy atom. The van der Waals surface area contributed by atoms with Gasteiger partial charge >= 0.3 is 0 Å². The van der Waals surface area contributed by atoms with Gasteiger partial charge in [-0.25, -0.2) is 0 Å². The molecule has 0 saturated heterocycles. The molecule has 0 aliphatic carbocycles. The summed E-state index contributed by atoms with van der Waals surface area (Å²) in [6.07, 6.45) is 0. The Hall–Kier alpha value is -1.72. The van der Waals surface area contributed by atoms with E-state index in [1.807, 2.05) is 5.38 Å². The van der Waals surface area contributed by atoms with Crippen molar-refractivity contribution in [3.8, 4) is 11.1 Å². The van der Waals surface area contributed by atoms with Crippen LogP contribution >= 0.6 is 23.6 Å². The van der Waals surface area contributed by atoms with E-state index in [2.05, 4.69) is 36.2 Å². The minimum Gasteiger partial charge on any atom is -0.330 e. The zero-order valence-electron chi connectivity index (χ0n) is 10.6. The topological polar surface area (TPSA) is 37.8 Å². The molecule has 3 rings (SSSR count). The Morgan fingerprint density at radius 1 is 1.26 bits per heavy atom. The predicted octanol–water partition coefficient (Wildman–Crippen LogP) is 3.63. The first-order chi connectivity index (χ1) is 9.08. The lowest BCUT2D eigenvalue weighted by Gasteiger charge is -2.02. The highest BCUT2D eigenvalue weighted by atomic mass is 32.1. The van der Waals surface area contributed by atoms with Crippen LogP contribution in [0.2, 0.25) is 0 Å². The Morgan fingerprint density at radius 2 is 1.95 bits per heavy atom. The molecule has 0 aliphatic heterocycles. The summed E-state index contributed by atoms with van der Waals surface area (Å²) in [6, 6.07) is 8.25. The second kappa shape index (κ2) is 4.43. The van der Waals surface area contributed by atoms with Crippen molar-refractivity contribution in [2.75, 3.05) is 0 Å². The van der Waals surface area contributed by atoms with Crippen LogP contribution in [0, 0.1) is 11.7 Å². The SMILES string of the molecule is Cc1ccc(-c2csc3c(=O)n(C)c(=S)[nH]c23)cc1. The monoisotopic (exact) mass is 288 g/mol. The summed E-state index contributed by atoms with van der Waals surface area (Å²) < 4.78 is 2.63. The largest absolute Gasteiger partial charge is 0.330 e. The van der Waals surface area contributed by atoms with Crippen LogP contribution in [0.25, 0.3) is 21.3 Å². The van der Waals surface area contributed by atoms with Crippen molar-refractivity contribution in [1.82, 2.24) is 9.55 Å². The van der Waals surface area contributed by atoms with Gasteiger partial charge in [-0.2, -0.15) is 0 Å². The van der Waals surface area contributed by atoms with Gasteiger partial charge in [0, 0.05) is 18.0 Å². The Kier molecular flexibility index (Phi) is 2.88. The smallest absolute Gasteiger partial charge is 0.272 e. The van der Waals surface area contributed by atoms with Gasteiger partial charge in [-0.3, -0.25) is 9.36 Å². The molecular formula is C14H12N2OS2. The fourth-order valence-electron chi connectivity index (χ4n) is 2.02. The van der Waals surface area contributed by atoms with Crippen LogP contribution < -0.4 is 5.56 Å². The number of nitrogens with one attached hydrogen (secondary N) is 1. The number of nitrogens with zero attached hydrogens (tertiary/aromatic N) is 1. The van der Waals surface area contributed by atoms with Gasteiger partial charge in [-0.1, -0.05) is 29.8 Å².